The average molecular weight is 373 g/mol. The standard InChI is InChI=1S/C17H25ClN2O3S/c1-13(2)9-10-19-17(21)14-4-3-11-20(12-14)24(22,23)16-7-5-15(18)6-8-16/h5-8,13-14H,3-4,9-12H2,1-2H3,(H,19,21). The van der Waals surface area contributed by atoms with E-state index in [9.17, 15) is 13.2 Å². The van der Waals surface area contributed by atoms with Crippen molar-refractivity contribution in [2.24, 2.45) is 11.8 Å². The van der Waals surface area contributed by atoms with Crippen LogP contribution in [0.3, 0.4) is 0 Å². The van der Waals surface area contributed by atoms with Gasteiger partial charge in [-0.2, -0.15) is 4.31 Å². The highest BCUT2D eigenvalue weighted by Gasteiger charge is 2.33. The van der Waals surface area contributed by atoms with E-state index < -0.39 is 10.0 Å². The zero-order valence-electron chi connectivity index (χ0n) is 14.2. The van der Waals surface area contributed by atoms with E-state index in [0.717, 1.165) is 12.8 Å². The smallest absolute Gasteiger partial charge is 0.243 e. The van der Waals surface area contributed by atoms with Crippen LogP contribution in [0.25, 0.3) is 0 Å². The monoisotopic (exact) mass is 372 g/mol. The molecule has 0 spiro atoms. The molecule has 134 valence electrons. The van der Waals surface area contributed by atoms with Crippen molar-refractivity contribution >= 4 is 27.5 Å². The van der Waals surface area contributed by atoms with Gasteiger partial charge in [-0.15, -0.1) is 0 Å². The summed E-state index contributed by atoms with van der Waals surface area (Å²) in [7, 11) is -3.58. The number of rotatable bonds is 6. The predicted octanol–water partition coefficient (Wildman–Crippen LogP) is 2.90. The number of hydrogen-bond donors (Lipinski definition) is 1. The first-order valence-electron chi connectivity index (χ1n) is 8.34. The molecule has 1 aliphatic rings. The lowest BCUT2D eigenvalue weighted by Gasteiger charge is -2.31. The molecule has 2 rings (SSSR count). The minimum absolute atomic E-state index is 0.0494. The maximum atomic E-state index is 12.7. The van der Waals surface area contributed by atoms with Crippen LogP contribution in [-0.2, 0) is 14.8 Å². The van der Waals surface area contributed by atoms with Gasteiger partial charge in [0.2, 0.25) is 15.9 Å². The summed E-state index contributed by atoms with van der Waals surface area (Å²) in [5.74, 6) is 0.193. The van der Waals surface area contributed by atoms with Crippen molar-refractivity contribution in [2.75, 3.05) is 19.6 Å². The third kappa shape index (κ3) is 4.94. The maximum absolute atomic E-state index is 12.7. The van der Waals surface area contributed by atoms with Gasteiger partial charge in [-0.05, 0) is 49.4 Å². The summed E-state index contributed by atoms with van der Waals surface area (Å²) in [6, 6.07) is 6.14. The summed E-state index contributed by atoms with van der Waals surface area (Å²) >= 11 is 5.82. The topological polar surface area (TPSA) is 66.5 Å². The Balaban J connectivity index is 2.01. The van der Waals surface area contributed by atoms with Crippen LogP contribution in [0.15, 0.2) is 29.2 Å². The molecule has 1 unspecified atom stereocenters. The summed E-state index contributed by atoms with van der Waals surface area (Å²) in [6.45, 7) is 5.52. The molecule has 24 heavy (non-hydrogen) atoms. The summed E-state index contributed by atoms with van der Waals surface area (Å²) < 4.78 is 26.9. The third-order valence-corrected chi connectivity index (χ3v) is 6.36. The Morgan fingerprint density at radius 3 is 2.62 bits per heavy atom. The minimum Gasteiger partial charge on any atom is -0.356 e. The highest BCUT2D eigenvalue weighted by Crippen LogP contribution is 2.24. The van der Waals surface area contributed by atoms with Crippen LogP contribution in [0.4, 0.5) is 0 Å². The van der Waals surface area contributed by atoms with E-state index in [0.29, 0.717) is 30.5 Å². The van der Waals surface area contributed by atoms with Gasteiger partial charge in [0.05, 0.1) is 10.8 Å². The number of amides is 1. The van der Waals surface area contributed by atoms with Crippen molar-refractivity contribution < 1.29 is 13.2 Å². The second-order valence-electron chi connectivity index (χ2n) is 6.63. The molecule has 0 saturated carbocycles. The Labute approximate surface area is 149 Å². The fourth-order valence-electron chi connectivity index (χ4n) is 2.76. The number of carbonyl (C=O) groups is 1. The lowest BCUT2D eigenvalue weighted by Crippen LogP contribution is -2.45. The van der Waals surface area contributed by atoms with Crippen molar-refractivity contribution in [1.29, 1.82) is 0 Å². The normalized spacial score (nSPS) is 19.4. The summed E-state index contributed by atoms with van der Waals surface area (Å²) in [5, 5.41) is 3.42. The molecule has 1 aromatic carbocycles. The van der Waals surface area contributed by atoms with Gasteiger partial charge < -0.3 is 5.32 Å². The van der Waals surface area contributed by atoms with E-state index in [1.165, 1.54) is 16.4 Å². The van der Waals surface area contributed by atoms with E-state index in [4.69, 9.17) is 11.6 Å². The van der Waals surface area contributed by atoms with Gasteiger partial charge in [0.25, 0.3) is 0 Å². The second kappa shape index (κ2) is 8.32. The molecule has 1 heterocycles. The van der Waals surface area contributed by atoms with Crippen molar-refractivity contribution in [3.05, 3.63) is 29.3 Å². The van der Waals surface area contributed by atoms with E-state index >= 15 is 0 Å². The molecule has 1 saturated heterocycles. The Morgan fingerprint density at radius 1 is 1.33 bits per heavy atom. The molecule has 1 atom stereocenters. The molecule has 1 N–H and O–H groups in total. The SMILES string of the molecule is CC(C)CCNC(=O)C1CCCN(S(=O)(=O)c2ccc(Cl)cc2)C1. The molecule has 0 bridgehead atoms. The van der Waals surface area contributed by atoms with Crippen LogP contribution in [0.5, 0.6) is 0 Å². The van der Waals surface area contributed by atoms with E-state index in [-0.39, 0.29) is 23.3 Å². The van der Waals surface area contributed by atoms with Gasteiger partial charge in [-0.1, -0.05) is 25.4 Å². The van der Waals surface area contributed by atoms with Gasteiger partial charge in [0.1, 0.15) is 0 Å². The van der Waals surface area contributed by atoms with Crippen LogP contribution in [0.2, 0.25) is 5.02 Å². The summed E-state index contributed by atoms with van der Waals surface area (Å²) in [4.78, 5) is 12.5. The zero-order valence-corrected chi connectivity index (χ0v) is 15.7. The molecule has 1 aromatic rings. The molecule has 1 aliphatic heterocycles. The molecule has 0 aliphatic carbocycles. The summed E-state index contributed by atoms with van der Waals surface area (Å²) in [5.41, 5.74) is 0. The van der Waals surface area contributed by atoms with Crippen molar-refractivity contribution in [3.8, 4) is 0 Å². The van der Waals surface area contributed by atoms with E-state index in [1.807, 2.05) is 0 Å². The molecule has 0 aromatic heterocycles. The lowest BCUT2D eigenvalue weighted by molar-refractivity contribution is -0.126. The van der Waals surface area contributed by atoms with Crippen molar-refractivity contribution in [1.82, 2.24) is 9.62 Å². The fourth-order valence-corrected chi connectivity index (χ4v) is 4.41. The quantitative estimate of drug-likeness (QED) is 0.834. The van der Waals surface area contributed by atoms with Gasteiger partial charge in [-0.3, -0.25) is 4.79 Å². The molecular formula is C17H25ClN2O3S. The minimum atomic E-state index is -3.58. The number of hydrogen-bond acceptors (Lipinski definition) is 3. The maximum Gasteiger partial charge on any atom is 0.243 e. The Bertz CT molecular complexity index is 659. The molecule has 1 amide bonds. The van der Waals surface area contributed by atoms with Crippen LogP contribution in [0, 0.1) is 11.8 Å². The molecule has 5 nitrogen and oxygen atoms in total. The van der Waals surface area contributed by atoms with Gasteiger partial charge in [-0.25, -0.2) is 8.42 Å². The Hall–Kier alpha value is -1.11. The highest BCUT2D eigenvalue weighted by atomic mass is 35.5. The highest BCUT2D eigenvalue weighted by molar-refractivity contribution is 7.89. The lowest BCUT2D eigenvalue weighted by atomic mass is 9.98. The largest absolute Gasteiger partial charge is 0.356 e. The Kier molecular flexibility index (Phi) is 6.66. The average Bonchev–Trinajstić information content (AvgIpc) is 2.55. The molecule has 1 fully saturated rings. The van der Waals surface area contributed by atoms with Crippen LogP contribution < -0.4 is 5.32 Å². The zero-order chi connectivity index (χ0) is 17.7. The number of carbonyl (C=O) groups excluding carboxylic acids is 1. The predicted molar refractivity (Wildman–Crippen MR) is 95.4 cm³/mol. The molecule has 7 heteroatoms. The number of halogens is 1. The molecular weight excluding hydrogens is 348 g/mol. The van der Waals surface area contributed by atoms with E-state index in [1.54, 1.807) is 12.1 Å². The first-order valence-corrected chi connectivity index (χ1v) is 10.2. The second-order valence-corrected chi connectivity index (χ2v) is 9.00. The number of nitrogens with zero attached hydrogens (tertiary/aromatic N) is 1. The van der Waals surface area contributed by atoms with Gasteiger partial charge >= 0.3 is 0 Å². The fraction of sp³-hybridized carbons (Fsp3) is 0.588. The first kappa shape index (κ1) is 19.2. The number of nitrogens with one attached hydrogen (secondary N) is 1. The van der Waals surface area contributed by atoms with Crippen molar-refractivity contribution in [3.63, 3.8) is 0 Å². The van der Waals surface area contributed by atoms with Crippen LogP contribution in [0.1, 0.15) is 33.1 Å². The molecule has 0 radical (unpaired) electrons. The summed E-state index contributed by atoms with van der Waals surface area (Å²) in [6.07, 6.45) is 2.33. The number of piperidine rings is 1. The van der Waals surface area contributed by atoms with E-state index in [2.05, 4.69) is 19.2 Å². The number of benzene rings is 1. The third-order valence-electron chi connectivity index (χ3n) is 4.23. The van der Waals surface area contributed by atoms with Crippen molar-refractivity contribution in [2.45, 2.75) is 38.0 Å². The van der Waals surface area contributed by atoms with Gasteiger partial charge in [0.15, 0.2) is 0 Å². The Morgan fingerprint density at radius 2 is 2.00 bits per heavy atom. The van der Waals surface area contributed by atoms with Crippen LogP contribution >= 0.6 is 11.6 Å². The first-order chi connectivity index (χ1) is 11.3. The van der Waals surface area contributed by atoms with Crippen LogP contribution in [-0.4, -0.2) is 38.3 Å². The van der Waals surface area contributed by atoms with Gasteiger partial charge in [0, 0.05) is 24.7 Å². The number of sulfonamides is 1.